The number of amides is 1. The molecule has 4 atom stereocenters. The number of rotatable bonds is 3. The summed E-state index contributed by atoms with van der Waals surface area (Å²) in [7, 11) is 0. The van der Waals surface area contributed by atoms with E-state index < -0.39 is 0 Å². The van der Waals surface area contributed by atoms with Crippen molar-refractivity contribution in [3.05, 3.63) is 34.9 Å². The van der Waals surface area contributed by atoms with Gasteiger partial charge in [0.15, 0.2) is 0 Å². The zero-order valence-corrected chi connectivity index (χ0v) is 13.7. The quantitative estimate of drug-likeness (QED) is 0.895. The third-order valence-electron chi connectivity index (χ3n) is 4.49. The molecule has 1 aromatic rings. The van der Waals surface area contributed by atoms with E-state index in [0.29, 0.717) is 12.0 Å². The Hall–Kier alpha value is -0.770. The van der Waals surface area contributed by atoms with Crippen molar-refractivity contribution in [1.29, 1.82) is 0 Å². The van der Waals surface area contributed by atoms with E-state index in [-0.39, 0.29) is 30.3 Å². The zero-order chi connectivity index (χ0) is 14.1. The summed E-state index contributed by atoms with van der Waals surface area (Å²) in [4.78, 5) is 12.3. The smallest absolute Gasteiger partial charge is 0.224 e. The van der Waals surface area contributed by atoms with Gasteiger partial charge in [0, 0.05) is 23.0 Å². The van der Waals surface area contributed by atoms with Gasteiger partial charge in [0.25, 0.3) is 0 Å². The SMILES string of the molecule is CC1NCCCC1NC(=O)C1CC1c1cccc(Cl)c1.Cl. The molecule has 1 aliphatic heterocycles. The molecule has 2 N–H and O–H groups in total. The Bertz CT molecular complexity index is 509. The van der Waals surface area contributed by atoms with Gasteiger partial charge in [0.05, 0.1) is 0 Å². The van der Waals surface area contributed by atoms with Crippen LogP contribution in [0.4, 0.5) is 0 Å². The fourth-order valence-electron chi connectivity index (χ4n) is 3.12. The van der Waals surface area contributed by atoms with Crippen molar-refractivity contribution in [2.45, 2.75) is 44.2 Å². The summed E-state index contributed by atoms with van der Waals surface area (Å²) >= 11 is 6.01. The summed E-state index contributed by atoms with van der Waals surface area (Å²) in [6.07, 6.45) is 3.16. The minimum Gasteiger partial charge on any atom is -0.352 e. The fourth-order valence-corrected chi connectivity index (χ4v) is 3.32. The summed E-state index contributed by atoms with van der Waals surface area (Å²) < 4.78 is 0. The highest BCUT2D eigenvalue weighted by molar-refractivity contribution is 6.30. The van der Waals surface area contributed by atoms with Gasteiger partial charge >= 0.3 is 0 Å². The van der Waals surface area contributed by atoms with E-state index in [0.717, 1.165) is 30.8 Å². The lowest BCUT2D eigenvalue weighted by Gasteiger charge is -2.30. The largest absolute Gasteiger partial charge is 0.352 e. The molecule has 0 radical (unpaired) electrons. The van der Waals surface area contributed by atoms with Crippen LogP contribution in [0.1, 0.15) is 37.7 Å². The molecule has 21 heavy (non-hydrogen) atoms. The second-order valence-corrected chi connectivity index (χ2v) is 6.44. The van der Waals surface area contributed by atoms with Crippen LogP contribution in [0.15, 0.2) is 24.3 Å². The summed E-state index contributed by atoms with van der Waals surface area (Å²) in [6, 6.07) is 8.52. The number of hydrogen-bond donors (Lipinski definition) is 2. The number of benzene rings is 1. The van der Waals surface area contributed by atoms with Crippen molar-refractivity contribution in [2.24, 2.45) is 5.92 Å². The summed E-state index contributed by atoms with van der Waals surface area (Å²) in [6.45, 7) is 3.20. The van der Waals surface area contributed by atoms with E-state index >= 15 is 0 Å². The predicted molar refractivity (Wildman–Crippen MR) is 88.2 cm³/mol. The molecular formula is C16H22Cl2N2O. The second-order valence-electron chi connectivity index (χ2n) is 6.00. The molecule has 4 unspecified atom stereocenters. The summed E-state index contributed by atoms with van der Waals surface area (Å²) in [5.74, 6) is 0.679. The molecule has 1 heterocycles. The Morgan fingerprint density at radius 1 is 1.43 bits per heavy atom. The van der Waals surface area contributed by atoms with Crippen molar-refractivity contribution in [2.75, 3.05) is 6.54 Å². The Labute approximate surface area is 137 Å². The zero-order valence-electron chi connectivity index (χ0n) is 12.1. The van der Waals surface area contributed by atoms with Gasteiger partial charge in [-0.3, -0.25) is 4.79 Å². The van der Waals surface area contributed by atoms with Crippen LogP contribution in [0.5, 0.6) is 0 Å². The van der Waals surface area contributed by atoms with Crippen LogP contribution in [-0.4, -0.2) is 24.5 Å². The first-order chi connectivity index (χ1) is 9.65. The molecule has 3 rings (SSSR count). The topological polar surface area (TPSA) is 41.1 Å². The van der Waals surface area contributed by atoms with Crippen molar-refractivity contribution in [1.82, 2.24) is 10.6 Å². The highest BCUT2D eigenvalue weighted by atomic mass is 35.5. The third kappa shape index (κ3) is 3.91. The number of nitrogens with one attached hydrogen (secondary N) is 2. The van der Waals surface area contributed by atoms with Gasteiger partial charge in [-0.25, -0.2) is 0 Å². The van der Waals surface area contributed by atoms with Crippen LogP contribution in [0, 0.1) is 5.92 Å². The molecule has 2 aliphatic rings. The standard InChI is InChI=1S/C16H21ClN2O.ClH/c1-10-15(6-3-7-18-10)19-16(20)14-9-13(14)11-4-2-5-12(17)8-11;/h2,4-5,8,10,13-15,18H,3,6-7,9H2,1H3,(H,19,20);1H. The number of piperidine rings is 1. The molecule has 0 aromatic heterocycles. The maximum Gasteiger partial charge on any atom is 0.224 e. The maximum atomic E-state index is 12.3. The minimum atomic E-state index is 0. The average Bonchev–Trinajstić information content (AvgIpc) is 3.22. The summed E-state index contributed by atoms with van der Waals surface area (Å²) in [5.41, 5.74) is 1.19. The van der Waals surface area contributed by atoms with Crippen LogP contribution in [-0.2, 0) is 4.79 Å². The minimum absolute atomic E-state index is 0. The van der Waals surface area contributed by atoms with E-state index in [1.807, 2.05) is 18.2 Å². The number of hydrogen-bond acceptors (Lipinski definition) is 2. The van der Waals surface area contributed by atoms with Crippen molar-refractivity contribution < 1.29 is 4.79 Å². The molecule has 1 aromatic carbocycles. The van der Waals surface area contributed by atoms with Gasteiger partial charge in [0.2, 0.25) is 5.91 Å². The molecule has 3 nitrogen and oxygen atoms in total. The van der Waals surface area contributed by atoms with Gasteiger partial charge in [-0.05, 0) is 56.3 Å². The highest BCUT2D eigenvalue weighted by Crippen LogP contribution is 2.48. The molecule has 1 aliphatic carbocycles. The Balaban J connectivity index is 0.00000161. The van der Waals surface area contributed by atoms with Crippen LogP contribution < -0.4 is 10.6 Å². The molecule has 0 bridgehead atoms. The van der Waals surface area contributed by atoms with Gasteiger partial charge in [-0.15, -0.1) is 12.4 Å². The maximum absolute atomic E-state index is 12.3. The van der Waals surface area contributed by atoms with Crippen molar-refractivity contribution in [3.63, 3.8) is 0 Å². The normalized spacial score (nSPS) is 31.1. The lowest BCUT2D eigenvalue weighted by molar-refractivity contribution is -0.123. The Morgan fingerprint density at radius 2 is 2.24 bits per heavy atom. The monoisotopic (exact) mass is 328 g/mol. The van der Waals surface area contributed by atoms with E-state index in [4.69, 9.17) is 11.6 Å². The van der Waals surface area contributed by atoms with Crippen molar-refractivity contribution >= 4 is 29.9 Å². The van der Waals surface area contributed by atoms with Crippen LogP contribution in [0.3, 0.4) is 0 Å². The van der Waals surface area contributed by atoms with Crippen molar-refractivity contribution in [3.8, 4) is 0 Å². The number of halogens is 2. The van der Waals surface area contributed by atoms with Gasteiger partial charge < -0.3 is 10.6 Å². The molecule has 116 valence electrons. The number of carbonyl (C=O) groups excluding carboxylic acids is 1. The molecule has 1 saturated carbocycles. The molecule has 0 spiro atoms. The predicted octanol–water partition coefficient (Wildman–Crippen LogP) is 3.12. The van der Waals surface area contributed by atoms with Gasteiger partial charge in [-0.2, -0.15) is 0 Å². The fraction of sp³-hybridized carbons (Fsp3) is 0.562. The first-order valence-corrected chi connectivity index (χ1v) is 7.82. The third-order valence-corrected chi connectivity index (χ3v) is 4.73. The van der Waals surface area contributed by atoms with E-state index in [1.165, 1.54) is 5.56 Å². The molecule has 1 saturated heterocycles. The van der Waals surface area contributed by atoms with E-state index in [1.54, 1.807) is 0 Å². The summed E-state index contributed by atoms with van der Waals surface area (Å²) in [5, 5.41) is 7.37. The Morgan fingerprint density at radius 3 is 2.95 bits per heavy atom. The molecule has 2 fully saturated rings. The van der Waals surface area contributed by atoms with Gasteiger partial charge in [-0.1, -0.05) is 23.7 Å². The molecular weight excluding hydrogens is 307 g/mol. The number of carbonyl (C=O) groups is 1. The van der Waals surface area contributed by atoms with E-state index in [9.17, 15) is 4.79 Å². The van der Waals surface area contributed by atoms with Crippen LogP contribution in [0.25, 0.3) is 0 Å². The first-order valence-electron chi connectivity index (χ1n) is 7.44. The lowest BCUT2D eigenvalue weighted by atomic mass is 9.99. The van der Waals surface area contributed by atoms with Gasteiger partial charge in [0.1, 0.15) is 0 Å². The molecule has 5 heteroatoms. The molecule has 1 amide bonds. The first kappa shape index (κ1) is 16.6. The van der Waals surface area contributed by atoms with Crippen LogP contribution >= 0.6 is 24.0 Å². The van der Waals surface area contributed by atoms with Crippen LogP contribution in [0.2, 0.25) is 5.02 Å². The average molecular weight is 329 g/mol. The lowest BCUT2D eigenvalue weighted by Crippen LogP contribution is -2.52. The highest BCUT2D eigenvalue weighted by Gasteiger charge is 2.44. The Kier molecular flexibility index (Phi) is 5.53. The van der Waals surface area contributed by atoms with E-state index in [2.05, 4.69) is 23.6 Å². The second kappa shape index (κ2) is 6.99.